The summed E-state index contributed by atoms with van der Waals surface area (Å²) in [5, 5.41) is 20.2. The molecule has 0 amide bonds. The zero-order chi connectivity index (χ0) is 22.6. The second kappa shape index (κ2) is 8.47. The molecule has 0 aromatic heterocycles. The second-order valence-electron chi connectivity index (χ2n) is 12.0. The summed E-state index contributed by atoms with van der Waals surface area (Å²) in [6.07, 6.45) is 13.8. The average Bonchev–Trinajstić information content (AvgIpc) is 3.09. The molecule has 3 nitrogen and oxygen atoms in total. The van der Waals surface area contributed by atoms with Crippen molar-refractivity contribution < 1.29 is 15.3 Å². The molecule has 0 spiro atoms. The Bertz CT molecular complexity index is 777. The van der Waals surface area contributed by atoms with Crippen molar-refractivity contribution in [2.24, 2.45) is 40.4 Å². The van der Waals surface area contributed by atoms with Crippen LogP contribution in [-0.2, 0) is 4.89 Å². The topological polar surface area (TPSA) is 49.7 Å². The fourth-order valence-electron chi connectivity index (χ4n) is 7.57. The number of hydrogen-bond acceptors (Lipinski definition) is 3. The number of rotatable bonds is 5. The van der Waals surface area contributed by atoms with Gasteiger partial charge in [0, 0.05) is 5.41 Å². The molecule has 4 rings (SSSR count). The minimum Gasteiger partial charge on any atom is -0.393 e. The van der Waals surface area contributed by atoms with Crippen molar-refractivity contribution in [1.82, 2.24) is 0 Å². The lowest BCUT2D eigenvalue weighted by molar-refractivity contribution is -0.260. The van der Waals surface area contributed by atoms with Crippen molar-refractivity contribution >= 4 is 0 Å². The van der Waals surface area contributed by atoms with Gasteiger partial charge in [0.05, 0.1) is 6.10 Å². The summed E-state index contributed by atoms with van der Waals surface area (Å²) in [6.45, 7) is 14.2. The second-order valence-corrected chi connectivity index (χ2v) is 12.0. The molecule has 0 heterocycles. The first-order valence-electron chi connectivity index (χ1n) is 12.7. The van der Waals surface area contributed by atoms with Crippen LogP contribution in [0.3, 0.4) is 0 Å². The van der Waals surface area contributed by atoms with Gasteiger partial charge in [0.15, 0.2) is 0 Å². The van der Waals surface area contributed by atoms with Crippen molar-refractivity contribution in [2.75, 3.05) is 0 Å². The van der Waals surface area contributed by atoms with Crippen LogP contribution in [0, 0.1) is 40.4 Å². The predicted molar refractivity (Wildman–Crippen MR) is 126 cm³/mol. The smallest absolute Gasteiger partial charge is 0.133 e. The van der Waals surface area contributed by atoms with Gasteiger partial charge in [0.25, 0.3) is 0 Å². The summed E-state index contributed by atoms with van der Waals surface area (Å²) in [4.78, 5) is 5.11. The zero-order valence-corrected chi connectivity index (χ0v) is 20.5. The fourth-order valence-corrected chi connectivity index (χ4v) is 7.57. The molecule has 4 aliphatic rings. The van der Waals surface area contributed by atoms with E-state index in [9.17, 15) is 10.4 Å². The molecular weight excluding hydrogens is 384 g/mol. The molecule has 31 heavy (non-hydrogen) atoms. The third kappa shape index (κ3) is 3.79. The molecule has 0 saturated heterocycles. The Morgan fingerprint density at radius 1 is 1.06 bits per heavy atom. The molecular formula is C28H44O3. The maximum absolute atomic E-state index is 10.3. The average molecular weight is 429 g/mol. The van der Waals surface area contributed by atoms with E-state index in [0.717, 1.165) is 19.3 Å². The highest BCUT2D eigenvalue weighted by atomic mass is 17.1. The minimum absolute atomic E-state index is 0.0429. The Morgan fingerprint density at radius 2 is 1.81 bits per heavy atom. The van der Waals surface area contributed by atoms with Crippen LogP contribution >= 0.6 is 0 Å². The lowest BCUT2D eigenvalue weighted by Gasteiger charge is -2.53. The quantitative estimate of drug-likeness (QED) is 0.283. The Hall–Kier alpha value is -0.900. The maximum Gasteiger partial charge on any atom is 0.133 e. The number of hydrogen-bond donors (Lipinski definition) is 2. The van der Waals surface area contributed by atoms with Crippen molar-refractivity contribution in [3.05, 3.63) is 34.9 Å². The first kappa shape index (κ1) is 23.3. The van der Waals surface area contributed by atoms with E-state index >= 15 is 0 Å². The SMILES string of the molecule is CC(C)[C@@H](C)C=C[C@@H](C)[C@H]1CC[C@H]2C3=C(CC[C@]12C)[C@@]1(C)CC[C@H](O)CC1=C[C@H]3OO. The minimum atomic E-state index is -0.335. The van der Waals surface area contributed by atoms with E-state index in [-0.39, 0.29) is 23.0 Å². The number of aliphatic hydroxyl groups excluding tert-OH is 1. The molecule has 174 valence electrons. The highest BCUT2D eigenvalue weighted by Crippen LogP contribution is 2.65. The molecule has 2 saturated carbocycles. The molecule has 0 radical (unpaired) electrons. The summed E-state index contributed by atoms with van der Waals surface area (Å²) in [5.41, 5.74) is 4.49. The summed E-state index contributed by atoms with van der Waals surface area (Å²) in [6, 6.07) is 0. The van der Waals surface area contributed by atoms with E-state index in [0.29, 0.717) is 36.0 Å². The molecule has 0 aromatic rings. The van der Waals surface area contributed by atoms with Gasteiger partial charge in [-0.05, 0) is 91.6 Å². The van der Waals surface area contributed by atoms with Gasteiger partial charge >= 0.3 is 0 Å². The van der Waals surface area contributed by atoms with Crippen molar-refractivity contribution in [3.63, 3.8) is 0 Å². The molecule has 8 atom stereocenters. The fraction of sp³-hybridized carbons (Fsp3) is 0.786. The first-order valence-corrected chi connectivity index (χ1v) is 12.7. The van der Waals surface area contributed by atoms with E-state index in [1.54, 1.807) is 0 Å². The van der Waals surface area contributed by atoms with Gasteiger partial charge in [0.2, 0.25) is 0 Å². The van der Waals surface area contributed by atoms with Crippen LogP contribution in [0.5, 0.6) is 0 Å². The Morgan fingerprint density at radius 3 is 2.48 bits per heavy atom. The molecule has 4 aliphatic carbocycles. The van der Waals surface area contributed by atoms with Crippen LogP contribution < -0.4 is 0 Å². The Labute approximate surface area is 189 Å². The molecule has 3 heteroatoms. The van der Waals surface area contributed by atoms with Crippen LogP contribution in [-0.4, -0.2) is 22.6 Å². The normalized spacial score (nSPS) is 42.3. The van der Waals surface area contributed by atoms with Crippen LogP contribution in [0.2, 0.25) is 0 Å². The molecule has 2 fully saturated rings. The highest BCUT2D eigenvalue weighted by molar-refractivity contribution is 5.46. The van der Waals surface area contributed by atoms with Gasteiger partial charge in [0.1, 0.15) is 6.10 Å². The Balaban J connectivity index is 1.64. The van der Waals surface area contributed by atoms with E-state index in [1.165, 1.54) is 36.0 Å². The predicted octanol–water partition coefficient (Wildman–Crippen LogP) is 6.94. The largest absolute Gasteiger partial charge is 0.393 e. The third-order valence-corrected chi connectivity index (χ3v) is 10.0. The molecule has 0 aliphatic heterocycles. The standard InChI is InChI=1S/C28H44O3/c1-17(2)18(3)7-8-19(4)22-9-10-23-26-24(12-14-28(22,23)6)27(5)13-11-21(29)15-20(27)16-25(26)31-30/h7-8,16-19,21-23,25,29-30H,9-15H2,1-6H3/t18-,19+,21-,22+,23-,25+,27-,28+/m0/s1. The van der Waals surface area contributed by atoms with Crippen molar-refractivity contribution in [2.45, 2.75) is 98.7 Å². The Kier molecular flexibility index (Phi) is 6.35. The van der Waals surface area contributed by atoms with E-state index in [2.05, 4.69) is 59.8 Å². The number of fused-ring (bicyclic) bond motifs is 4. The van der Waals surface area contributed by atoms with E-state index in [1.807, 2.05) is 0 Å². The summed E-state index contributed by atoms with van der Waals surface area (Å²) in [7, 11) is 0. The molecule has 0 bridgehead atoms. The van der Waals surface area contributed by atoms with Crippen LogP contribution in [0.1, 0.15) is 86.5 Å². The van der Waals surface area contributed by atoms with Crippen LogP contribution in [0.4, 0.5) is 0 Å². The van der Waals surface area contributed by atoms with Crippen molar-refractivity contribution in [3.8, 4) is 0 Å². The van der Waals surface area contributed by atoms with Gasteiger partial charge in [-0.2, -0.15) is 0 Å². The summed E-state index contributed by atoms with van der Waals surface area (Å²) < 4.78 is 0. The van der Waals surface area contributed by atoms with Gasteiger partial charge in [-0.15, -0.1) is 0 Å². The molecule has 0 aromatic carbocycles. The zero-order valence-electron chi connectivity index (χ0n) is 20.5. The van der Waals surface area contributed by atoms with Gasteiger partial charge in [-0.3, -0.25) is 5.26 Å². The van der Waals surface area contributed by atoms with E-state index < -0.39 is 0 Å². The highest BCUT2D eigenvalue weighted by Gasteiger charge is 2.56. The van der Waals surface area contributed by atoms with Crippen LogP contribution in [0.15, 0.2) is 34.9 Å². The van der Waals surface area contributed by atoms with Gasteiger partial charge < -0.3 is 5.11 Å². The van der Waals surface area contributed by atoms with Crippen LogP contribution in [0.25, 0.3) is 0 Å². The lowest BCUT2D eigenvalue weighted by Crippen LogP contribution is -2.45. The maximum atomic E-state index is 10.3. The lowest BCUT2D eigenvalue weighted by atomic mass is 9.53. The number of aliphatic hydroxyl groups is 1. The molecule has 2 N–H and O–H groups in total. The monoisotopic (exact) mass is 428 g/mol. The first-order chi connectivity index (χ1) is 14.6. The third-order valence-electron chi connectivity index (χ3n) is 10.0. The van der Waals surface area contributed by atoms with Crippen molar-refractivity contribution in [1.29, 1.82) is 0 Å². The van der Waals surface area contributed by atoms with E-state index in [4.69, 9.17) is 4.89 Å². The van der Waals surface area contributed by atoms with Gasteiger partial charge in [-0.25, -0.2) is 4.89 Å². The summed E-state index contributed by atoms with van der Waals surface area (Å²) in [5.74, 6) is 3.02. The van der Waals surface area contributed by atoms with Gasteiger partial charge in [-0.1, -0.05) is 64.8 Å². The molecule has 0 unspecified atom stereocenters. The summed E-state index contributed by atoms with van der Waals surface area (Å²) >= 11 is 0. The number of allylic oxidation sites excluding steroid dienone is 3.